The summed E-state index contributed by atoms with van der Waals surface area (Å²) in [7, 11) is 1.55. The number of nitrogens with one attached hydrogen (secondary N) is 1. The molecule has 0 amide bonds. The van der Waals surface area contributed by atoms with Crippen molar-refractivity contribution in [3.63, 3.8) is 0 Å². The van der Waals surface area contributed by atoms with Gasteiger partial charge in [-0.15, -0.1) is 0 Å². The smallest absolute Gasteiger partial charge is 0.172 e. The number of phenols is 1. The molecule has 202 valence electrons. The minimum atomic E-state index is -0.201. The van der Waals surface area contributed by atoms with E-state index in [0.29, 0.717) is 44.4 Å². The molecule has 0 saturated heterocycles. The summed E-state index contributed by atoms with van der Waals surface area (Å²) < 4.78 is 18.3. The molecule has 2 aliphatic heterocycles. The van der Waals surface area contributed by atoms with Crippen molar-refractivity contribution >= 4 is 46.3 Å². The standard InChI is InChI=1S/C33H27Cl2NO4/c1-18-17-33(2,3)36-25-9-8-24-30(29(18)25)28(40-27-11-10-26(37)32(38-4)31(24)27)13-19-6-5-7-22(12-19)39-23-15-20(34)14-21(35)16-23/h5-17,36-37H,1-4H3/b28-13-. The minimum Gasteiger partial charge on any atom is -0.504 e. The SMILES string of the molecule is COc1c(O)ccc2c1-c1ccc3c(c1/C(=C/c1cccc(Oc4cc(Cl)cc(Cl)c4)c1)O2)C(C)=CC(C)(C)N3. The van der Waals surface area contributed by atoms with Crippen LogP contribution in [0.3, 0.4) is 0 Å². The van der Waals surface area contributed by atoms with E-state index in [9.17, 15) is 5.11 Å². The topological polar surface area (TPSA) is 60.0 Å². The van der Waals surface area contributed by atoms with Crippen molar-refractivity contribution in [1.82, 2.24) is 0 Å². The number of phenolic OH excluding ortho intramolecular Hbond substituents is 1. The fraction of sp³-hybridized carbons (Fsp3) is 0.152. The first kappa shape index (κ1) is 26.2. The Morgan fingerprint density at radius 3 is 2.42 bits per heavy atom. The van der Waals surface area contributed by atoms with Crippen molar-refractivity contribution < 1.29 is 19.3 Å². The van der Waals surface area contributed by atoms with Crippen molar-refractivity contribution in [2.24, 2.45) is 0 Å². The molecule has 6 rings (SSSR count). The van der Waals surface area contributed by atoms with Crippen LogP contribution in [-0.2, 0) is 0 Å². The Morgan fingerprint density at radius 2 is 1.68 bits per heavy atom. The predicted molar refractivity (Wildman–Crippen MR) is 163 cm³/mol. The average Bonchev–Trinajstić information content (AvgIpc) is 2.87. The van der Waals surface area contributed by atoms with Crippen molar-refractivity contribution in [3.8, 4) is 39.9 Å². The van der Waals surface area contributed by atoms with Gasteiger partial charge in [0.1, 0.15) is 23.0 Å². The lowest BCUT2D eigenvalue weighted by molar-refractivity contribution is 0.371. The second-order valence-corrected chi connectivity index (χ2v) is 11.3. The Bertz CT molecular complexity index is 1720. The minimum absolute atomic E-state index is 0.0541. The van der Waals surface area contributed by atoms with E-state index in [2.05, 4.69) is 44.3 Å². The van der Waals surface area contributed by atoms with Gasteiger partial charge < -0.3 is 24.6 Å². The van der Waals surface area contributed by atoms with Crippen LogP contribution in [0.25, 0.3) is 28.5 Å². The fourth-order valence-electron chi connectivity index (χ4n) is 5.49. The first-order chi connectivity index (χ1) is 19.1. The second-order valence-electron chi connectivity index (χ2n) is 10.5. The third kappa shape index (κ3) is 4.76. The molecule has 5 nitrogen and oxygen atoms in total. The molecule has 0 atom stereocenters. The van der Waals surface area contributed by atoms with Crippen LogP contribution >= 0.6 is 23.2 Å². The third-order valence-electron chi connectivity index (χ3n) is 6.90. The van der Waals surface area contributed by atoms with Gasteiger partial charge >= 0.3 is 0 Å². The van der Waals surface area contributed by atoms with Crippen LogP contribution in [0.5, 0.6) is 28.7 Å². The van der Waals surface area contributed by atoms with Gasteiger partial charge in [-0.05, 0) is 86.5 Å². The number of hydrogen-bond acceptors (Lipinski definition) is 5. The molecule has 0 aromatic heterocycles. The highest BCUT2D eigenvalue weighted by Gasteiger charge is 2.33. The first-order valence-corrected chi connectivity index (χ1v) is 13.6. The molecule has 4 aromatic carbocycles. The molecule has 0 fully saturated rings. The quantitative estimate of drug-likeness (QED) is 0.255. The summed E-state index contributed by atoms with van der Waals surface area (Å²) in [4.78, 5) is 0. The van der Waals surface area contributed by atoms with E-state index in [4.69, 9.17) is 37.4 Å². The molecule has 2 N–H and O–H groups in total. The maximum Gasteiger partial charge on any atom is 0.172 e. The Hall–Kier alpha value is -4.06. The summed E-state index contributed by atoms with van der Waals surface area (Å²) in [5.74, 6) is 2.87. The molecule has 0 radical (unpaired) electrons. The fourth-order valence-corrected chi connectivity index (χ4v) is 6.00. The van der Waals surface area contributed by atoms with E-state index < -0.39 is 0 Å². The lowest BCUT2D eigenvalue weighted by Gasteiger charge is -2.35. The summed E-state index contributed by atoms with van der Waals surface area (Å²) in [5.41, 5.74) is 6.40. The molecular weight excluding hydrogens is 545 g/mol. The largest absolute Gasteiger partial charge is 0.504 e. The van der Waals surface area contributed by atoms with Crippen LogP contribution in [0.4, 0.5) is 5.69 Å². The average molecular weight is 572 g/mol. The van der Waals surface area contributed by atoms with Gasteiger partial charge in [-0.2, -0.15) is 0 Å². The predicted octanol–water partition coefficient (Wildman–Crippen LogP) is 9.66. The number of halogens is 2. The van der Waals surface area contributed by atoms with E-state index in [0.717, 1.165) is 33.5 Å². The van der Waals surface area contributed by atoms with Crippen LogP contribution in [0.1, 0.15) is 37.5 Å². The molecular formula is C33H27Cl2NO4. The normalized spacial score (nSPS) is 15.7. The van der Waals surface area contributed by atoms with Gasteiger partial charge in [0, 0.05) is 32.4 Å². The van der Waals surface area contributed by atoms with E-state index in [1.165, 1.54) is 0 Å². The molecule has 0 spiro atoms. The Morgan fingerprint density at radius 1 is 0.900 bits per heavy atom. The summed E-state index contributed by atoms with van der Waals surface area (Å²) in [6.07, 6.45) is 4.21. The zero-order valence-corrected chi connectivity index (χ0v) is 23.9. The van der Waals surface area contributed by atoms with E-state index in [-0.39, 0.29) is 11.3 Å². The van der Waals surface area contributed by atoms with Gasteiger partial charge in [0.15, 0.2) is 11.5 Å². The lowest BCUT2D eigenvalue weighted by Crippen LogP contribution is -2.32. The molecule has 0 saturated carbocycles. The number of allylic oxidation sites excluding steroid dienone is 1. The number of rotatable bonds is 4. The summed E-state index contributed by atoms with van der Waals surface area (Å²) in [6.45, 7) is 6.39. The zero-order chi connectivity index (χ0) is 28.2. The maximum atomic E-state index is 10.6. The summed E-state index contributed by atoms with van der Waals surface area (Å²) >= 11 is 12.3. The molecule has 4 aromatic rings. The van der Waals surface area contributed by atoms with E-state index in [1.807, 2.05) is 30.3 Å². The molecule has 2 aliphatic rings. The number of methoxy groups -OCH3 is 1. The van der Waals surface area contributed by atoms with E-state index >= 15 is 0 Å². The van der Waals surface area contributed by atoms with Crippen LogP contribution in [0.2, 0.25) is 10.0 Å². The maximum absolute atomic E-state index is 10.6. The second kappa shape index (κ2) is 9.84. The van der Waals surface area contributed by atoms with Crippen molar-refractivity contribution in [2.75, 3.05) is 12.4 Å². The monoisotopic (exact) mass is 571 g/mol. The molecule has 0 aliphatic carbocycles. The van der Waals surface area contributed by atoms with Crippen molar-refractivity contribution in [2.45, 2.75) is 26.3 Å². The molecule has 2 heterocycles. The number of anilines is 1. The van der Waals surface area contributed by atoms with Gasteiger partial charge in [-0.25, -0.2) is 0 Å². The van der Waals surface area contributed by atoms with Gasteiger partial charge in [0.05, 0.1) is 18.2 Å². The van der Waals surface area contributed by atoms with Gasteiger partial charge in [0.2, 0.25) is 0 Å². The van der Waals surface area contributed by atoms with Crippen LogP contribution in [-0.4, -0.2) is 17.8 Å². The van der Waals surface area contributed by atoms with Gasteiger partial charge in [0.25, 0.3) is 0 Å². The Labute approximate surface area is 243 Å². The van der Waals surface area contributed by atoms with Crippen LogP contribution < -0.4 is 19.5 Å². The number of benzene rings is 4. The summed E-state index contributed by atoms with van der Waals surface area (Å²) in [6, 6.07) is 20.3. The summed E-state index contributed by atoms with van der Waals surface area (Å²) in [5, 5.41) is 15.2. The van der Waals surface area contributed by atoms with Gasteiger partial charge in [-0.3, -0.25) is 0 Å². The molecule has 7 heteroatoms. The van der Waals surface area contributed by atoms with Crippen molar-refractivity contribution in [3.05, 3.63) is 99.5 Å². The molecule has 0 bridgehead atoms. The lowest BCUT2D eigenvalue weighted by atomic mass is 9.83. The number of hydrogen-bond donors (Lipinski definition) is 2. The number of fused-ring (bicyclic) bond motifs is 5. The number of aromatic hydroxyl groups is 1. The van der Waals surface area contributed by atoms with Crippen LogP contribution in [0.15, 0.2) is 72.8 Å². The highest BCUT2D eigenvalue weighted by atomic mass is 35.5. The van der Waals surface area contributed by atoms with E-state index in [1.54, 1.807) is 37.4 Å². The zero-order valence-electron chi connectivity index (χ0n) is 22.4. The first-order valence-electron chi connectivity index (χ1n) is 12.8. The highest BCUT2D eigenvalue weighted by Crippen LogP contribution is 2.54. The molecule has 40 heavy (non-hydrogen) atoms. The number of ether oxygens (including phenoxy) is 3. The Kier molecular flexibility index (Phi) is 6.44. The van der Waals surface area contributed by atoms with Crippen LogP contribution in [0, 0.1) is 0 Å². The van der Waals surface area contributed by atoms with Gasteiger partial charge in [-0.1, -0.05) is 47.5 Å². The Balaban J connectivity index is 1.51. The molecule has 0 unspecified atom stereocenters. The van der Waals surface area contributed by atoms with Crippen molar-refractivity contribution in [1.29, 1.82) is 0 Å². The third-order valence-corrected chi connectivity index (χ3v) is 7.34. The highest BCUT2D eigenvalue weighted by molar-refractivity contribution is 6.34.